The van der Waals surface area contributed by atoms with Crippen LogP contribution in [0.5, 0.6) is 0 Å². The van der Waals surface area contributed by atoms with Crippen molar-refractivity contribution in [3.05, 3.63) is 32.4 Å². The van der Waals surface area contributed by atoms with Crippen LogP contribution >= 0.6 is 34.2 Å². The van der Waals surface area contributed by atoms with E-state index < -0.39 is 6.10 Å². The third-order valence-corrected chi connectivity index (χ3v) is 3.99. The molecule has 5 heteroatoms. The molecule has 0 spiro atoms. The number of hydrogen-bond donors (Lipinski definition) is 2. The van der Waals surface area contributed by atoms with Gasteiger partial charge in [0.1, 0.15) is 0 Å². The molecule has 0 saturated heterocycles. The summed E-state index contributed by atoms with van der Waals surface area (Å²) in [5, 5.41) is 12.9. The van der Waals surface area contributed by atoms with Crippen LogP contribution in [0, 0.1) is 9.49 Å². The van der Waals surface area contributed by atoms with Gasteiger partial charge >= 0.3 is 0 Å². The van der Waals surface area contributed by atoms with Gasteiger partial charge in [0.25, 0.3) is 5.91 Å². The smallest absolute Gasteiger partial charge is 0.252 e. The van der Waals surface area contributed by atoms with Crippen molar-refractivity contribution < 1.29 is 9.90 Å². The van der Waals surface area contributed by atoms with Gasteiger partial charge in [-0.1, -0.05) is 11.6 Å². The van der Waals surface area contributed by atoms with E-state index in [0.717, 1.165) is 16.4 Å². The molecule has 1 saturated carbocycles. The molecule has 1 fully saturated rings. The van der Waals surface area contributed by atoms with E-state index in [0.29, 0.717) is 23.0 Å². The zero-order valence-corrected chi connectivity index (χ0v) is 12.0. The first-order valence-electron chi connectivity index (χ1n) is 5.49. The fourth-order valence-electron chi connectivity index (χ4n) is 1.61. The molecule has 0 bridgehead atoms. The monoisotopic (exact) mass is 365 g/mol. The second-order valence-corrected chi connectivity index (χ2v) is 5.84. The number of hydrogen-bond acceptors (Lipinski definition) is 2. The van der Waals surface area contributed by atoms with Crippen LogP contribution in [0.1, 0.15) is 23.2 Å². The van der Waals surface area contributed by atoms with Gasteiger partial charge in [-0.05, 0) is 59.5 Å². The first kappa shape index (κ1) is 13.1. The average Bonchev–Trinajstić information content (AvgIpc) is 3.12. The summed E-state index contributed by atoms with van der Waals surface area (Å²) in [6.45, 7) is 0.312. The molecule has 1 aliphatic carbocycles. The van der Waals surface area contributed by atoms with Crippen molar-refractivity contribution in [2.45, 2.75) is 18.9 Å². The lowest BCUT2D eigenvalue weighted by Crippen LogP contribution is -2.33. The van der Waals surface area contributed by atoms with Gasteiger partial charge in [0.05, 0.1) is 11.7 Å². The minimum Gasteiger partial charge on any atom is -0.391 e. The Morgan fingerprint density at radius 1 is 1.59 bits per heavy atom. The molecule has 1 aliphatic rings. The molecule has 1 amide bonds. The highest BCUT2D eigenvalue weighted by atomic mass is 127. The number of benzene rings is 1. The van der Waals surface area contributed by atoms with Gasteiger partial charge in [-0.2, -0.15) is 0 Å². The third-order valence-electron chi connectivity index (χ3n) is 2.81. The molecule has 2 rings (SSSR count). The van der Waals surface area contributed by atoms with Crippen molar-refractivity contribution in [3.63, 3.8) is 0 Å². The van der Waals surface area contributed by atoms with Gasteiger partial charge in [0.2, 0.25) is 0 Å². The SMILES string of the molecule is O=C(NCC(O)C1CC1)c1cc(Cl)ccc1I. The van der Waals surface area contributed by atoms with Crippen molar-refractivity contribution in [3.8, 4) is 0 Å². The maximum atomic E-state index is 11.9. The Labute approximate surface area is 119 Å². The standard InChI is InChI=1S/C12H13ClINO2/c13-8-3-4-10(14)9(5-8)12(17)15-6-11(16)7-1-2-7/h3-5,7,11,16H,1-2,6H2,(H,15,17). The maximum absolute atomic E-state index is 11.9. The van der Waals surface area contributed by atoms with Crippen LogP contribution in [0.3, 0.4) is 0 Å². The summed E-state index contributed by atoms with van der Waals surface area (Å²) in [5.41, 5.74) is 0.557. The quantitative estimate of drug-likeness (QED) is 0.805. The van der Waals surface area contributed by atoms with E-state index in [9.17, 15) is 9.90 Å². The number of carbonyl (C=O) groups excluding carboxylic acids is 1. The van der Waals surface area contributed by atoms with Crippen LogP contribution in [-0.4, -0.2) is 23.7 Å². The number of aliphatic hydroxyl groups excluding tert-OH is 1. The summed E-state index contributed by atoms with van der Waals surface area (Å²) in [7, 11) is 0. The number of rotatable bonds is 4. The van der Waals surface area contributed by atoms with E-state index >= 15 is 0 Å². The lowest BCUT2D eigenvalue weighted by Gasteiger charge is -2.11. The minimum absolute atomic E-state index is 0.184. The first-order chi connectivity index (χ1) is 8.08. The molecule has 3 nitrogen and oxygen atoms in total. The summed E-state index contributed by atoms with van der Waals surface area (Å²) in [5.74, 6) is 0.185. The lowest BCUT2D eigenvalue weighted by molar-refractivity contribution is 0.0900. The zero-order valence-electron chi connectivity index (χ0n) is 9.12. The summed E-state index contributed by atoms with van der Waals surface area (Å²) < 4.78 is 0.852. The second-order valence-electron chi connectivity index (χ2n) is 4.24. The van der Waals surface area contributed by atoms with Gasteiger partial charge in [-0.25, -0.2) is 0 Å². The van der Waals surface area contributed by atoms with E-state index in [1.807, 2.05) is 0 Å². The Morgan fingerprint density at radius 2 is 2.29 bits per heavy atom. The first-order valence-corrected chi connectivity index (χ1v) is 6.95. The fraction of sp³-hybridized carbons (Fsp3) is 0.417. The predicted molar refractivity (Wildman–Crippen MR) is 75.2 cm³/mol. The average molecular weight is 366 g/mol. The number of halogens is 2. The Morgan fingerprint density at radius 3 is 2.94 bits per heavy atom. The van der Waals surface area contributed by atoms with Crippen molar-refractivity contribution in [2.24, 2.45) is 5.92 Å². The molecule has 0 heterocycles. The molecule has 1 aromatic rings. The van der Waals surface area contributed by atoms with E-state index in [4.69, 9.17) is 11.6 Å². The normalized spacial score (nSPS) is 16.6. The molecule has 17 heavy (non-hydrogen) atoms. The van der Waals surface area contributed by atoms with E-state index in [1.54, 1.807) is 18.2 Å². The topological polar surface area (TPSA) is 49.3 Å². The molecule has 0 aliphatic heterocycles. The Kier molecular flexibility index (Phi) is 4.27. The zero-order chi connectivity index (χ0) is 12.4. The van der Waals surface area contributed by atoms with Crippen LogP contribution < -0.4 is 5.32 Å². The van der Waals surface area contributed by atoms with Crippen molar-refractivity contribution in [1.82, 2.24) is 5.32 Å². The van der Waals surface area contributed by atoms with Gasteiger partial charge in [-0.3, -0.25) is 4.79 Å². The minimum atomic E-state index is -0.421. The molecular formula is C12H13ClINO2. The number of nitrogens with one attached hydrogen (secondary N) is 1. The molecule has 1 unspecified atom stereocenters. The highest BCUT2D eigenvalue weighted by Crippen LogP contribution is 2.32. The summed E-state index contributed by atoms with van der Waals surface area (Å²) >= 11 is 7.94. The number of carbonyl (C=O) groups is 1. The van der Waals surface area contributed by atoms with Gasteiger partial charge < -0.3 is 10.4 Å². The van der Waals surface area contributed by atoms with Gasteiger partial charge in [0.15, 0.2) is 0 Å². The van der Waals surface area contributed by atoms with Crippen LogP contribution in [0.15, 0.2) is 18.2 Å². The highest BCUT2D eigenvalue weighted by Gasteiger charge is 2.29. The van der Waals surface area contributed by atoms with Crippen LogP contribution in [0.4, 0.5) is 0 Å². The number of aliphatic hydroxyl groups is 1. The van der Waals surface area contributed by atoms with Crippen molar-refractivity contribution in [1.29, 1.82) is 0 Å². The molecule has 0 radical (unpaired) electrons. The molecule has 1 atom stereocenters. The molecule has 1 aromatic carbocycles. The van der Waals surface area contributed by atoms with E-state index in [1.165, 1.54) is 0 Å². The summed E-state index contributed by atoms with van der Waals surface area (Å²) in [6.07, 6.45) is 1.70. The Balaban J connectivity index is 1.96. The van der Waals surface area contributed by atoms with E-state index in [-0.39, 0.29) is 5.91 Å². The molecule has 2 N–H and O–H groups in total. The third kappa shape index (κ3) is 3.56. The second kappa shape index (κ2) is 5.54. The van der Waals surface area contributed by atoms with Crippen molar-refractivity contribution in [2.75, 3.05) is 6.54 Å². The van der Waals surface area contributed by atoms with Crippen LogP contribution in [0.25, 0.3) is 0 Å². The highest BCUT2D eigenvalue weighted by molar-refractivity contribution is 14.1. The molecular weight excluding hydrogens is 352 g/mol. The van der Waals surface area contributed by atoms with E-state index in [2.05, 4.69) is 27.9 Å². The molecule has 92 valence electrons. The summed E-state index contributed by atoms with van der Waals surface area (Å²) in [4.78, 5) is 11.9. The van der Waals surface area contributed by atoms with Gasteiger partial charge in [-0.15, -0.1) is 0 Å². The fourth-order valence-corrected chi connectivity index (χ4v) is 2.36. The van der Waals surface area contributed by atoms with Crippen LogP contribution in [0.2, 0.25) is 5.02 Å². The number of amides is 1. The lowest BCUT2D eigenvalue weighted by atomic mass is 10.2. The maximum Gasteiger partial charge on any atom is 0.252 e. The summed E-state index contributed by atoms with van der Waals surface area (Å²) in [6, 6.07) is 5.19. The molecule has 0 aromatic heterocycles. The van der Waals surface area contributed by atoms with Crippen molar-refractivity contribution >= 4 is 40.1 Å². The van der Waals surface area contributed by atoms with Crippen LogP contribution in [-0.2, 0) is 0 Å². The predicted octanol–water partition coefficient (Wildman–Crippen LogP) is 2.45. The Hall–Kier alpha value is -0.330. The largest absolute Gasteiger partial charge is 0.391 e. The van der Waals surface area contributed by atoms with Gasteiger partial charge in [0, 0.05) is 15.1 Å². The Bertz CT molecular complexity index is 435.